The van der Waals surface area contributed by atoms with Gasteiger partial charge in [-0.2, -0.15) is 4.31 Å². The second-order valence-electron chi connectivity index (χ2n) is 5.35. The van der Waals surface area contributed by atoms with Crippen LogP contribution in [-0.4, -0.2) is 52.1 Å². The van der Waals surface area contributed by atoms with E-state index < -0.39 is 15.8 Å². The number of aryl methyl sites for hydroxylation is 2. The summed E-state index contributed by atoms with van der Waals surface area (Å²) < 4.78 is 45.5. The molecule has 0 saturated carbocycles. The highest BCUT2D eigenvalue weighted by Crippen LogP contribution is 2.24. The van der Waals surface area contributed by atoms with E-state index in [1.54, 1.807) is 13.8 Å². The third-order valence-electron chi connectivity index (χ3n) is 3.56. The minimum atomic E-state index is -3.66. The van der Waals surface area contributed by atoms with Gasteiger partial charge in [0.05, 0.1) is 17.6 Å². The van der Waals surface area contributed by atoms with Crippen LogP contribution in [0.1, 0.15) is 11.1 Å². The van der Waals surface area contributed by atoms with Gasteiger partial charge in [-0.25, -0.2) is 12.8 Å². The second kappa shape index (κ2) is 6.39. The number of nitrogens with one attached hydrogen (secondary N) is 1. The highest BCUT2D eigenvalue weighted by Gasteiger charge is 2.28. The summed E-state index contributed by atoms with van der Waals surface area (Å²) in [7, 11) is -2.13. The quantitative estimate of drug-likeness (QED) is 0.902. The number of likely N-dealkylation sites (N-methyl/N-ethyl adjacent to an activating group) is 1. The Labute approximate surface area is 125 Å². The van der Waals surface area contributed by atoms with Crippen LogP contribution in [0.2, 0.25) is 0 Å². The molecule has 5 nitrogen and oxygen atoms in total. The summed E-state index contributed by atoms with van der Waals surface area (Å²) >= 11 is 0. The van der Waals surface area contributed by atoms with E-state index in [0.717, 1.165) is 6.54 Å². The van der Waals surface area contributed by atoms with Crippen LogP contribution >= 0.6 is 0 Å². The van der Waals surface area contributed by atoms with E-state index in [4.69, 9.17) is 4.74 Å². The predicted octanol–water partition coefficient (Wildman–Crippen LogP) is 1.05. The van der Waals surface area contributed by atoms with Gasteiger partial charge in [0.25, 0.3) is 0 Å². The lowest BCUT2D eigenvalue weighted by Gasteiger charge is -2.28. The molecule has 0 radical (unpaired) electrons. The Balaban J connectivity index is 2.24. The maximum Gasteiger partial charge on any atom is 0.243 e. The summed E-state index contributed by atoms with van der Waals surface area (Å²) in [5, 5.41) is 3.17. The molecule has 0 amide bonds. The van der Waals surface area contributed by atoms with Crippen LogP contribution in [0.4, 0.5) is 4.39 Å². The molecule has 1 atom stereocenters. The summed E-state index contributed by atoms with van der Waals surface area (Å²) in [4.78, 5) is 0.176. The van der Waals surface area contributed by atoms with Gasteiger partial charge in [-0.3, -0.25) is 0 Å². The Morgan fingerprint density at radius 3 is 2.52 bits per heavy atom. The zero-order valence-corrected chi connectivity index (χ0v) is 13.3. The molecule has 1 fully saturated rings. The fraction of sp³-hybridized carbons (Fsp3) is 0.571. The third kappa shape index (κ3) is 3.60. The maximum absolute atomic E-state index is 13.3. The van der Waals surface area contributed by atoms with Crippen LogP contribution in [0.15, 0.2) is 17.0 Å². The van der Waals surface area contributed by atoms with Gasteiger partial charge in [-0.1, -0.05) is 0 Å². The van der Waals surface area contributed by atoms with Gasteiger partial charge in [-0.05, 0) is 37.1 Å². The molecule has 0 bridgehead atoms. The fourth-order valence-electron chi connectivity index (χ4n) is 2.58. The lowest BCUT2D eigenvalue weighted by Crippen LogP contribution is -2.45. The maximum atomic E-state index is 13.3. The molecule has 0 spiro atoms. The first-order valence-electron chi connectivity index (χ1n) is 6.88. The van der Waals surface area contributed by atoms with Gasteiger partial charge in [0.1, 0.15) is 5.82 Å². The Morgan fingerprint density at radius 1 is 1.38 bits per heavy atom. The van der Waals surface area contributed by atoms with Crippen molar-refractivity contribution in [3.05, 3.63) is 29.1 Å². The van der Waals surface area contributed by atoms with Crippen LogP contribution < -0.4 is 5.32 Å². The number of nitrogens with zero attached hydrogens (tertiary/aromatic N) is 1. The first-order valence-corrected chi connectivity index (χ1v) is 8.32. The third-order valence-corrected chi connectivity index (χ3v) is 5.69. The minimum Gasteiger partial charge on any atom is -0.374 e. The van der Waals surface area contributed by atoms with Crippen molar-refractivity contribution in [2.24, 2.45) is 0 Å². The van der Waals surface area contributed by atoms with E-state index in [1.165, 1.54) is 23.5 Å². The van der Waals surface area contributed by atoms with Crippen LogP contribution in [-0.2, 0) is 14.8 Å². The van der Waals surface area contributed by atoms with Gasteiger partial charge >= 0.3 is 0 Å². The minimum absolute atomic E-state index is 0.167. The van der Waals surface area contributed by atoms with E-state index >= 15 is 0 Å². The summed E-state index contributed by atoms with van der Waals surface area (Å²) in [6, 6.07) is 2.48. The van der Waals surface area contributed by atoms with Gasteiger partial charge in [-0.15, -0.1) is 0 Å². The molecule has 1 heterocycles. The van der Waals surface area contributed by atoms with E-state index in [0.29, 0.717) is 24.3 Å². The van der Waals surface area contributed by atoms with Crippen LogP contribution in [0.25, 0.3) is 0 Å². The van der Waals surface area contributed by atoms with Crippen molar-refractivity contribution in [2.45, 2.75) is 24.8 Å². The summed E-state index contributed by atoms with van der Waals surface area (Å²) in [6.45, 7) is 5.47. The molecule has 21 heavy (non-hydrogen) atoms. The number of benzene rings is 1. The van der Waals surface area contributed by atoms with Gasteiger partial charge in [0.2, 0.25) is 10.0 Å². The van der Waals surface area contributed by atoms with E-state index in [2.05, 4.69) is 5.32 Å². The van der Waals surface area contributed by atoms with Gasteiger partial charge in [0, 0.05) is 26.7 Å². The molecule has 0 aromatic heterocycles. The van der Waals surface area contributed by atoms with Crippen molar-refractivity contribution in [2.75, 3.05) is 33.3 Å². The molecule has 1 aromatic rings. The van der Waals surface area contributed by atoms with Crippen LogP contribution in [0.3, 0.4) is 0 Å². The molecule has 1 aliphatic heterocycles. The number of halogens is 1. The predicted molar refractivity (Wildman–Crippen MR) is 78.3 cm³/mol. The molecule has 1 saturated heterocycles. The largest absolute Gasteiger partial charge is 0.374 e. The van der Waals surface area contributed by atoms with Crippen molar-refractivity contribution < 1.29 is 17.5 Å². The normalized spacial score (nSPS) is 20.0. The smallest absolute Gasteiger partial charge is 0.243 e. The SMILES string of the molecule is Cc1cc(F)cc(C)c1S(=O)(=O)N(C)CC1CNCCO1. The van der Waals surface area contributed by atoms with Crippen molar-refractivity contribution >= 4 is 10.0 Å². The van der Waals surface area contributed by atoms with Crippen LogP contribution in [0, 0.1) is 19.7 Å². The molecule has 1 N–H and O–H groups in total. The molecule has 1 aliphatic rings. The number of rotatable bonds is 4. The Kier molecular flexibility index (Phi) is 4.98. The van der Waals surface area contributed by atoms with Crippen molar-refractivity contribution in [1.82, 2.24) is 9.62 Å². The van der Waals surface area contributed by atoms with Crippen LogP contribution in [0.5, 0.6) is 0 Å². The lowest BCUT2D eigenvalue weighted by molar-refractivity contribution is 0.0206. The van der Waals surface area contributed by atoms with E-state index in [-0.39, 0.29) is 17.5 Å². The average Bonchev–Trinajstić information content (AvgIpc) is 2.38. The van der Waals surface area contributed by atoms with Crippen molar-refractivity contribution in [1.29, 1.82) is 0 Å². The highest BCUT2D eigenvalue weighted by molar-refractivity contribution is 7.89. The molecular weight excluding hydrogens is 295 g/mol. The second-order valence-corrected chi connectivity index (χ2v) is 7.33. The van der Waals surface area contributed by atoms with E-state index in [1.807, 2.05) is 0 Å². The Morgan fingerprint density at radius 2 is 2.00 bits per heavy atom. The number of ether oxygens (including phenoxy) is 1. The van der Waals surface area contributed by atoms with E-state index in [9.17, 15) is 12.8 Å². The van der Waals surface area contributed by atoms with Crippen molar-refractivity contribution in [3.8, 4) is 0 Å². The zero-order valence-electron chi connectivity index (χ0n) is 12.5. The number of morpholine rings is 1. The number of hydrogen-bond acceptors (Lipinski definition) is 4. The standard InChI is InChI=1S/C14H21FN2O3S/c1-10-6-12(15)7-11(2)14(10)21(18,19)17(3)9-13-8-16-4-5-20-13/h6-7,13,16H,4-5,8-9H2,1-3H3. The average molecular weight is 316 g/mol. The number of hydrogen-bond donors (Lipinski definition) is 1. The van der Waals surface area contributed by atoms with Gasteiger partial charge in [0.15, 0.2) is 0 Å². The first kappa shape index (κ1) is 16.4. The summed E-state index contributed by atoms with van der Waals surface area (Å²) in [5.74, 6) is -0.425. The molecule has 7 heteroatoms. The lowest BCUT2D eigenvalue weighted by atomic mass is 10.1. The monoisotopic (exact) mass is 316 g/mol. The number of sulfonamides is 1. The molecule has 0 aliphatic carbocycles. The van der Waals surface area contributed by atoms with Gasteiger partial charge < -0.3 is 10.1 Å². The molecule has 1 aromatic carbocycles. The molecule has 118 valence electrons. The first-order chi connectivity index (χ1) is 9.82. The summed E-state index contributed by atoms with van der Waals surface area (Å²) in [5.41, 5.74) is 0.837. The summed E-state index contributed by atoms with van der Waals surface area (Å²) in [6.07, 6.45) is -0.167. The molecular formula is C14H21FN2O3S. The Hall–Kier alpha value is -1.02. The van der Waals surface area contributed by atoms with Crippen molar-refractivity contribution in [3.63, 3.8) is 0 Å². The zero-order chi connectivity index (χ0) is 15.6. The fourth-order valence-corrected chi connectivity index (χ4v) is 4.19. The topological polar surface area (TPSA) is 58.6 Å². The highest BCUT2D eigenvalue weighted by atomic mass is 32.2. The Bertz CT molecular complexity index is 590. The molecule has 1 unspecified atom stereocenters. The molecule has 2 rings (SSSR count).